The molecule has 2 aromatic carbocycles. The number of urea groups is 1. The predicted octanol–water partition coefficient (Wildman–Crippen LogP) is 5.54. The fourth-order valence-electron chi connectivity index (χ4n) is 4.66. The standard InChI is InChI=1S/C29H37N5O4S/c1-3-4-19-34(29(35)31-24-13-17-30-18-14-24)26-15-20-33(21-16-26)22-23-5-9-27(10-6-23)38-28-11-7-25(8-12-28)32-39(2,36)37/h5-14,17-18,26,32H,3-4,15-16,19-22H2,1-2H3,(H,30,31,35). The molecule has 0 bridgehead atoms. The third kappa shape index (κ3) is 8.97. The lowest BCUT2D eigenvalue weighted by atomic mass is 10.0. The predicted molar refractivity (Wildman–Crippen MR) is 155 cm³/mol. The van der Waals surface area contributed by atoms with Crippen molar-refractivity contribution in [2.24, 2.45) is 0 Å². The molecule has 0 aliphatic carbocycles. The number of rotatable bonds is 11. The van der Waals surface area contributed by atoms with Crippen LogP contribution in [0.25, 0.3) is 0 Å². The molecule has 2 N–H and O–H groups in total. The summed E-state index contributed by atoms with van der Waals surface area (Å²) < 4.78 is 31.1. The van der Waals surface area contributed by atoms with Gasteiger partial charge in [-0.25, -0.2) is 13.2 Å². The molecule has 0 saturated carbocycles. The molecule has 0 unspecified atom stereocenters. The molecule has 1 aromatic heterocycles. The highest BCUT2D eigenvalue weighted by Crippen LogP contribution is 2.25. The van der Waals surface area contributed by atoms with Crippen molar-refractivity contribution in [3.8, 4) is 11.5 Å². The summed E-state index contributed by atoms with van der Waals surface area (Å²) in [7, 11) is -3.31. The van der Waals surface area contributed by atoms with E-state index in [9.17, 15) is 13.2 Å². The number of likely N-dealkylation sites (tertiary alicyclic amines) is 1. The van der Waals surface area contributed by atoms with E-state index in [-0.39, 0.29) is 12.1 Å². The molecule has 0 radical (unpaired) electrons. The third-order valence-electron chi connectivity index (χ3n) is 6.67. The van der Waals surface area contributed by atoms with Gasteiger partial charge in [-0.05, 0) is 73.4 Å². The summed E-state index contributed by atoms with van der Waals surface area (Å²) in [5.41, 5.74) is 2.46. The molecule has 10 heteroatoms. The van der Waals surface area contributed by atoms with Gasteiger partial charge in [-0.15, -0.1) is 0 Å². The number of benzene rings is 2. The van der Waals surface area contributed by atoms with Crippen molar-refractivity contribution >= 4 is 27.4 Å². The third-order valence-corrected chi connectivity index (χ3v) is 7.27. The number of pyridine rings is 1. The van der Waals surface area contributed by atoms with E-state index < -0.39 is 10.0 Å². The van der Waals surface area contributed by atoms with Gasteiger partial charge >= 0.3 is 6.03 Å². The average molecular weight is 552 g/mol. The van der Waals surface area contributed by atoms with Gasteiger partial charge in [-0.1, -0.05) is 25.5 Å². The molecule has 9 nitrogen and oxygen atoms in total. The van der Waals surface area contributed by atoms with Crippen LogP contribution in [0.3, 0.4) is 0 Å². The number of amides is 2. The minimum atomic E-state index is -3.31. The molecule has 1 aliphatic rings. The Morgan fingerprint density at radius 3 is 2.18 bits per heavy atom. The number of nitrogens with zero attached hydrogens (tertiary/aromatic N) is 3. The topological polar surface area (TPSA) is 104 Å². The Kier molecular flexibility index (Phi) is 9.78. The average Bonchev–Trinajstić information content (AvgIpc) is 2.92. The molecular weight excluding hydrogens is 514 g/mol. The van der Waals surface area contributed by atoms with Crippen molar-refractivity contribution in [1.29, 1.82) is 0 Å². The van der Waals surface area contributed by atoms with Crippen molar-refractivity contribution in [1.82, 2.24) is 14.8 Å². The summed E-state index contributed by atoms with van der Waals surface area (Å²) >= 11 is 0. The normalized spacial score (nSPS) is 14.5. The first-order valence-corrected chi connectivity index (χ1v) is 15.2. The second kappa shape index (κ2) is 13.4. The van der Waals surface area contributed by atoms with Gasteiger partial charge in [0.1, 0.15) is 11.5 Å². The number of hydrogen-bond donors (Lipinski definition) is 2. The summed E-state index contributed by atoms with van der Waals surface area (Å²) in [5.74, 6) is 1.34. The number of ether oxygens (including phenoxy) is 1. The van der Waals surface area contributed by atoms with Crippen LogP contribution in [0.5, 0.6) is 11.5 Å². The van der Waals surface area contributed by atoms with Crippen LogP contribution in [-0.4, -0.2) is 61.2 Å². The van der Waals surface area contributed by atoms with Gasteiger partial charge in [0.25, 0.3) is 0 Å². The highest BCUT2D eigenvalue weighted by atomic mass is 32.2. The maximum absolute atomic E-state index is 13.1. The SMILES string of the molecule is CCCCN(C(=O)Nc1ccncc1)C1CCN(Cc2ccc(Oc3ccc(NS(C)(=O)=O)cc3)cc2)CC1. The van der Waals surface area contributed by atoms with Crippen molar-refractivity contribution < 1.29 is 17.9 Å². The number of hydrogen-bond acceptors (Lipinski definition) is 6. The van der Waals surface area contributed by atoms with Crippen molar-refractivity contribution in [3.63, 3.8) is 0 Å². The zero-order valence-corrected chi connectivity index (χ0v) is 23.4. The van der Waals surface area contributed by atoms with E-state index in [0.29, 0.717) is 17.2 Å². The molecule has 0 spiro atoms. The first-order chi connectivity index (χ1) is 18.8. The Bertz CT molecular complexity index is 1290. The van der Waals surface area contributed by atoms with Gasteiger partial charge in [0.05, 0.1) is 6.26 Å². The Morgan fingerprint density at radius 1 is 0.974 bits per heavy atom. The second-order valence-corrected chi connectivity index (χ2v) is 11.6. The van der Waals surface area contributed by atoms with Gasteiger partial charge in [0, 0.05) is 56.0 Å². The van der Waals surface area contributed by atoms with E-state index in [1.54, 1.807) is 36.7 Å². The maximum Gasteiger partial charge on any atom is 0.322 e. The van der Waals surface area contributed by atoms with E-state index >= 15 is 0 Å². The lowest BCUT2D eigenvalue weighted by Crippen LogP contribution is -2.49. The minimum absolute atomic E-state index is 0.0370. The molecule has 39 heavy (non-hydrogen) atoms. The maximum atomic E-state index is 13.1. The fourth-order valence-corrected chi connectivity index (χ4v) is 5.22. The molecule has 1 fully saturated rings. The van der Waals surface area contributed by atoms with Gasteiger partial charge < -0.3 is 15.0 Å². The van der Waals surface area contributed by atoms with Crippen molar-refractivity contribution in [3.05, 3.63) is 78.6 Å². The second-order valence-electron chi connectivity index (χ2n) is 9.86. The fraction of sp³-hybridized carbons (Fsp3) is 0.379. The molecule has 4 rings (SSSR count). The minimum Gasteiger partial charge on any atom is -0.457 e. The highest BCUT2D eigenvalue weighted by molar-refractivity contribution is 7.92. The lowest BCUT2D eigenvalue weighted by molar-refractivity contribution is 0.122. The molecule has 2 amide bonds. The smallest absolute Gasteiger partial charge is 0.322 e. The lowest BCUT2D eigenvalue weighted by Gasteiger charge is -2.38. The van der Waals surface area contributed by atoms with Crippen LogP contribution >= 0.6 is 0 Å². The first-order valence-electron chi connectivity index (χ1n) is 13.3. The summed E-state index contributed by atoms with van der Waals surface area (Å²) in [5, 5.41) is 3.03. The number of sulfonamides is 1. The van der Waals surface area contributed by atoms with Crippen LogP contribution in [-0.2, 0) is 16.6 Å². The van der Waals surface area contributed by atoms with E-state index in [1.165, 1.54) is 5.56 Å². The summed E-state index contributed by atoms with van der Waals surface area (Å²) in [6, 6.07) is 18.6. The zero-order valence-electron chi connectivity index (χ0n) is 22.5. The Labute approximate surface area is 231 Å². The van der Waals surface area contributed by atoms with Crippen LogP contribution in [0.1, 0.15) is 38.2 Å². The number of anilines is 2. The number of aromatic nitrogens is 1. The van der Waals surface area contributed by atoms with Crippen LogP contribution in [0, 0.1) is 0 Å². The van der Waals surface area contributed by atoms with Gasteiger partial charge in [0.15, 0.2) is 0 Å². The Hall–Kier alpha value is -3.63. The van der Waals surface area contributed by atoms with E-state index in [2.05, 4.69) is 39.0 Å². The Morgan fingerprint density at radius 2 is 1.59 bits per heavy atom. The quantitative estimate of drug-likeness (QED) is 0.324. The Balaban J connectivity index is 1.27. The summed E-state index contributed by atoms with van der Waals surface area (Å²) in [6.45, 7) is 5.62. The highest BCUT2D eigenvalue weighted by Gasteiger charge is 2.27. The summed E-state index contributed by atoms with van der Waals surface area (Å²) in [6.07, 6.45) is 8.40. The van der Waals surface area contributed by atoms with Crippen LogP contribution < -0.4 is 14.8 Å². The van der Waals surface area contributed by atoms with Crippen LogP contribution in [0.2, 0.25) is 0 Å². The summed E-state index contributed by atoms with van der Waals surface area (Å²) in [4.78, 5) is 21.5. The van der Waals surface area contributed by atoms with Crippen LogP contribution in [0.4, 0.5) is 16.2 Å². The number of carbonyl (C=O) groups is 1. The molecular formula is C29H37N5O4S. The number of nitrogens with one attached hydrogen (secondary N) is 2. The van der Waals surface area contributed by atoms with E-state index in [0.717, 1.165) is 63.8 Å². The molecule has 208 valence electrons. The van der Waals surface area contributed by atoms with Gasteiger partial charge in [-0.2, -0.15) is 0 Å². The molecule has 1 aliphatic heterocycles. The van der Waals surface area contributed by atoms with E-state index in [1.807, 2.05) is 29.2 Å². The van der Waals surface area contributed by atoms with Crippen molar-refractivity contribution in [2.75, 3.05) is 35.9 Å². The molecule has 0 atom stereocenters. The monoisotopic (exact) mass is 551 g/mol. The molecule has 2 heterocycles. The largest absolute Gasteiger partial charge is 0.457 e. The van der Waals surface area contributed by atoms with Crippen LogP contribution in [0.15, 0.2) is 73.1 Å². The zero-order chi connectivity index (χ0) is 27.7. The van der Waals surface area contributed by atoms with Gasteiger partial charge in [-0.3, -0.25) is 14.6 Å². The van der Waals surface area contributed by atoms with Crippen molar-refractivity contribution in [2.45, 2.75) is 45.2 Å². The van der Waals surface area contributed by atoms with E-state index in [4.69, 9.17) is 4.74 Å². The molecule has 3 aromatic rings. The van der Waals surface area contributed by atoms with Gasteiger partial charge in [0.2, 0.25) is 10.0 Å². The number of piperidine rings is 1. The molecule has 1 saturated heterocycles. The first kappa shape index (κ1) is 28.4. The number of carbonyl (C=O) groups excluding carboxylic acids is 1. The number of unbranched alkanes of at least 4 members (excludes halogenated alkanes) is 1.